The largest absolute Gasteiger partial charge is 0.573 e. The van der Waals surface area contributed by atoms with Crippen molar-refractivity contribution in [1.82, 2.24) is 9.97 Å². The van der Waals surface area contributed by atoms with E-state index in [0.29, 0.717) is 28.3 Å². The zero-order valence-electron chi connectivity index (χ0n) is 12.5. The molecule has 124 valence electrons. The number of hydrogen-bond donors (Lipinski definition) is 1. The van der Waals surface area contributed by atoms with Crippen LogP contribution in [0.15, 0.2) is 24.3 Å². The number of aliphatic hydroxyl groups excluding tert-OH is 1. The van der Waals surface area contributed by atoms with Gasteiger partial charge in [-0.25, -0.2) is 9.97 Å². The van der Waals surface area contributed by atoms with Crippen molar-refractivity contribution in [3.8, 4) is 17.1 Å². The van der Waals surface area contributed by atoms with Crippen LogP contribution in [-0.4, -0.2) is 28.5 Å². The normalized spacial score (nSPS) is 11.6. The Morgan fingerprint density at radius 3 is 2.30 bits per heavy atom. The first-order valence-electron chi connectivity index (χ1n) is 6.66. The SMILES string of the molecule is COCc1nc(-c2ccc(OC(F)(F)F)cc2)nc(C)c1CO. The number of benzene rings is 1. The molecule has 0 saturated carbocycles. The summed E-state index contributed by atoms with van der Waals surface area (Å²) in [7, 11) is 1.50. The van der Waals surface area contributed by atoms with E-state index >= 15 is 0 Å². The molecule has 0 atom stereocenters. The van der Waals surface area contributed by atoms with E-state index in [0.717, 1.165) is 0 Å². The molecule has 0 spiro atoms. The number of rotatable bonds is 5. The number of ether oxygens (including phenoxy) is 2. The fourth-order valence-corrected chi connectivity index (χ4v) is 2.05. The fraction of sp³-hybridized carbons (Fsp3) is 0.333. The molecule has 0 bridgehead atoms. The van der Waals surface area contributed by atoms with Gasteiger partial charge in [0.15, 0.2) is 5.82 Å². The highest BCUT2D eigenvalue weighted by molar-refractivity contribution is 5.57. The number of aryl methyl sites for hydroxylation is 1. The highest BCUT2D eigenvalue weighted by atomic mass is 19.4. The molecule has 1 heterocycles. The third-order valence-corrected chi connectivity index (χ3v) is 3.08. The smallest absolute Gasteiger partial charge is 0.406 e. The van der Waals surface area contributed by atoms with Gasteiger partial charge in [-0.2, -0.15) is 0 Å². The summed E-state index contributed by atoms with van der Waals surface area (Å²) in [6, 6.07) is 5.25. The average Bonchev–Trinajstić information content (AvgIpc) is 2.46. The van der Waals surface area contributed by atoms with Crippen molar-refractivity contribution < 1.29 is 27.8 Å². The molecule has 0 unspecified atom stereocenters. The minimum atomic E-state index is -4.73. The molecule has 0 aliphatic heterocycles. The lowest BCUT2D eigenvalue weighted by atomic mass is 10.1. The van der Waals surface area contributed by atoms with Crippen LogP contribution in [0.25, 0.3) is 11.4 Å². The van der Waals surface area contributed by atoms with Gasteiger partial charge >= 0.3 is 6.36 Å². The summed E-state index contributed by atoms with van der Waals surface area (Å²) >= 11 is 0. The maximum absolute atomic E-state index is 12.2. The van der Waals surface area contributed by atoms with Crippen LogP contribution < -0.4 is 4.74 Å². The summed E-state index contributed by atoms with van der Waals surface area (Å²) in [6.45, 7) is 1.70. The van der Waals surface area contributed by atoms with E-state index in [9.17, 15) is 18.3 Å². The third kappa shape index (κ3) is 4.40. The number of nitrogens with zero attached hydrogens (tertiary/aromatic N) is 2. The van der Waals surface area contributed by atoms with Gasteiger partial charge in [0.25, 0.3) is 0 Å². The van der Waals surface area contributed by atoms with Crippen LogP contribution in [0.3, 0.4) is 0 Å². The fourth-order valence-electron chi connectivity index (χ4n) is 2.05. The zero-order valence-corrected chi connectivity index (χ0v) is 12.5. The molecule has 8 heteroatoms. The molecule has 0 aliphatic carbocycles. The molecule has 1 N–H and O–H groups in total. The number of alkyl halides is 3. The van der Waals surface area contributed by atoms with Crippen molar-refractivity contribution in [2.45, 2.75) is 26.5 Å². The molecular formula is C15H15F3N2O3. The second-order valence-electron chi connectivity index (χ2n) is 4.72. The molecular weight excluding hydrogens is 313 g/mol. The Balaban J connectivity index is 2.34. The Labute approximate surface area is 130 Å². The molecule has 0 radical (unpaired) electrons. The number of methoxy groups -OCH3 is 1. The Bertz CT molecular complexity index is 673. The lowest BCUT2D eigenvalue weighted by molar-refractivity contribution is -0.274. The summed E-state index contributed by atoms with van der Waals surface area (Å²) in [6.07, 6.45) is -4.73. The number of aliphatic hydroxyl groups is 1. The van der Waals surface area contributed by atoms with Crippen LogP contribution in [-0.2, 0) is 18.0 Å². The van der Waals surface area contributed by atoms with Gasteiger partial charge in [0.2, 0.25) is 0 Å². The van der Waals surface area contributed by atoms with Crippen LogP contribution in [0.4, 0.5) is 13.2 Å². The monoisotopic (exact) mass is 328 g/mol. The van der Waals surface area contributed by atoms with Crippen LogP contribution >= 0.6 is 0 Å². The van der Waals surface area contributed by atoms with E-state index in [1.165, 1.54) is 31.4 Å². The first-order valence-corrected chi connectivity index (χ1v) is 6.66. The van der Waals surface area contributed by atoms with Gasteiger partial charge < -0.3 is 14.6 Å². The van der Waals surface area contributed by atoms with Crippen molar-refractivity contribution in [2.75, 3.05) is 7.11 Å². The summed E-state index contributed by atoms with van der Waals surface area (Å²) in [5.74, 6) is 0.0207. The predicted octanol–water partition coefficient (Wildman–Crippen LogP) is 2.99. The van der Waals surface area contributed by atoms with E-state index in [1.54, 1.807) is 6.92 Å². The Hall–Kier alpha value is -2.19. The number of halogens is 3. The van der Waals surface area contributed by atoms with Crippen molar-refractivity contribution in [3.05, 3.63) is 41.2 Å². The lowest BCUT2D eigenvalue weighted by Crippen LogP contribution is -2.17. The highest BCUT2D eigenvalue weighted by Crippen LogP contribution is 2.26. The van der Waals surface area contributed by atoms with Gasteiger partial charge in [-0.1, -0.05) is 0 Å². The van der Waals surface area contributed by atoms with E-state index < -0.39 is 6.36 Å². The van der Waals surface area contributed by atoms with Gasteiger partial charge in [-0.3, -0.25) is 0 Å². The third-order valence-electron chi connectivity index (χ3n) is 3.08. The minimum Gasteiger partial charge on any atom is -0.406 e. The minimum absolute atomic E-state index is 0.196. The van der Waals surface area contributed by atoms with Crippen molar-refractivity contribution in [1.29, 1.82) is 0 Å². The maximum Gasteiger partial charge on any atom is 0.573 e. The molecule has 0 amide bonds. The molecule has 2 rings (SSSR count). The van der Waals surface area contributed by atoms with Crippen molar-refractivity contribution in [3.63, 3.8) is 0 Å². The van der Waals surface area contributed by atoms with Gasteiger partial charge in [-0.15, -0.1) is 13.2 Å². The van der Waals surface area contributed by atoms with E-state index in [1.807, 2.05) is 0 Å². The highest BCUT2D eigenvalue weighted by Gasteiger charge is 2.31. The summed E-state index contributed by atoms with van der Waals surface area (Å²) in [4.78, 5) is 8.58. The average molecular weight is 328 g/mol. The zero-order chi connectivity index (χ0) is 17.0. The summed E-state index contributed by atoms with van der Waals surface area (Å²) in [5, 5.41) is 9.37. The van der Waals surface area contributed by atoms with E-state index in [4.69, 9.17) is 4.74 Å². The first-order chi connectivity index (χ1) is 10.8. The Morgan fingerprint density at radius 2 is 1.78 bits per heavy atom. The molecule has 0 saturated heterocycles. The lowest BCUT2D eigenvalue weighted by Gasteiger charge is -2.12. The summed E-state index contributed by atoms with van der Waals surface area (Å²) in [5.41, 5.74) is 2.23. The van der Waals surface area contributed by atoms with Gasteiger partial charge in [-0.05, 0) is 31.2 Å². The topological polar surface area (TPSA) is 64.5 Å². The number of hydrogen-bond acceptors (Lipinski definition) is 5. The Morgan fingerprint density at radius 1 is 1.13 bits per heavy atom. The predicted molar refractivity (Wildman–Crippen MR) is 75.5 cm³/mol. The first kappa shape index (κ1) is 17.2. The second-order valence-corrected chi connectivity index (χ2v) is 4.72. The van der Waals surface area contributed by atoms with Gasteiger partial charge in [0, 0.05) is 23.9 Å². The molecule has 0 fully saturated rings. The van der Waals surface area contributed by atoms with E-state index in [-0.39, 0.29) is 19.0 Å². The van der Waals surface area contributed by atoms with Crippen LogP contribution in [0.5, 0.6) is 5.75 Å². The molecule has 0 aliphatic rings. The molecule has 1 aromatic heterocycles. The molecule has 2 aromatic rings. The van der Waals surface area contributed by atoms with E-state index in [2.05, 4.69) is 14.7 Å². The van der Waals surface area contributed by atoms with Crippen LogP contribution in [0.1, 0.15) is 17.0 Å². The van der Waals surface area contributed by atoms with Crippen molar-refractivity contribution >= 4 is 0 Å². The summed E-state index contributed by atoms with van der Waals surface area (Å²) < 4.78 is 45.3. The maximum atomic E-state index is 12.2. The van der Waals surface area contributed by atoms with Crippen molar-refractivity contribution in [2.24, 2.45) is 0 Å². The molecule has 23 heavy (non-hydrogen) atoms. The Kier molecular flexibility index (Phi) is 5.17. The molecule has 1 aromatic carbocycles. The van der Waals surface area contributed by atoms with Crippen LogP contribution in [0, 0.1) is 6.92 Å². The number of aromatic nitrogens is 2. The standard InChI is InChI=1S/C15H15F3N2O3/c1-9-12(7-21)13(8-22-2)20-14(19-9)10-3-5-11(6-4-10)23-15(16,17)18/h3-6,21H,7-8H2,1-2H3. The van der Waals surface area contributed by atoms with Crippen LogP contribution in [0.2, 0.25) is 0 Å². The van der Waals surface area contributed by atoms with Gasteiger partial charge in [0.05, 0.1) is 18.9 Å². The molecule has 5 nitrogen and oxygen atoms in total. The second kappa shape index (κ2) is 6.93. The quantitative estimate of drug-likeness (QED) is 0.914. The van der Waals surface area contributed by atoms with Gasteiger partial charge in [0.1, 0.15) is 5.75 Å².